The van der Waals surface area contributed by atoms with E-state index in [9.17, 15) is 12.8 Å². The van der Waals surface area contributed by atoms with Crippen LogP contribution < -0.4 is 4.72 Å². The molecule has 1 atom stereocenters. The maximum Gasteiger partial charge on any atom is 0.240 e. The molecule has 0 fully saturated rings. The Kier molecular flexibility index (Phi) is 3.78. The summed E-state index contributed by atoms with van der Waals surface area (Å²) in [6.07, 6.45) is -0.784. The number of halogens is 1. The fourth-order valence-electron chi connectivity index (χ4n) is 0.948. The summed E-state index contributed by atoms with van der Waals surface area (Å²) < 4.78 is 37.9. The molecule has 4 nitrogen and oxygen atoms in total. The van der Waals surface area contributed by atoms with Crippen molar-refractivity contribution >= 4 is 10.0 Å². The van der Waals surface area contributed by atoms with Gasteiger partial charge >= 0.3 is 0 Å². The van der Waals surface area contributed by atoms with Crippen LogP contribution in [0, 0.1) is 5.82 Å². The van der Waals surface area contributed by atoms with E-state index in [1.54, 1.807) is 0 Å². The van der Waals surface area contributed by atoms with E-state index >= 15 is 0 Å². The molecule has 0 aliphatic carbocycles. The summed E-state index contributed by atoms with van der Waals surface area (Å²) in [7, 11) is -3.73. The molecular formula is C9H12FNO3S. The summed E-state index contributed by atoms with van der Waals surface area (Å²) in [5.41, 5.74) is 0. The van der Waals surface area contributed by atoms with Crippen molar-refractivity contribution in [3.63, 3.8) is 0 Å². The van der Waals surface area contributed by atoms with Gasteiger partial charge in [0.1, 0.15) is 5.82 Å². The lowest BCUT2D eigenvalue weighted by atomic mass is 10.4. The van der Waals surface area contributed by atoms with Gasteiger partial charge in [-0.3, -0.25) is 0 Å². The van der Waals surface area contributed by atoms with Crippen molar-refractivity contribution in [3.8, 4) is 0 Å². The van der Waals surface area contributed by atoms with Crippen LogP contribution in [-0.2, 0) is 10.0 Å². The number of hydrogen-bond donors (Lipinski definition) is 2. The smallest absolute Gasteiger partial charge is 0.240 e. The standard InChI is InChI=1S/C9H12FNO3S/c1-7(12)6-11-15(13,14)9-4-2-3-8(10)5-9/h2-5,7,11-12H,6H2,1H3/t7-/m1/s1. The van der Waals surface area contributed by atoms with Crippen molar-refractivity contribution in [1.29, 1.82) is 0 Å². The summed E-state index contributed by atoms with van der Waals surface area (Å²) in [6.45, 7) is 1.35. The molecule has 0 spiro atoms. The maximum absolute atomic E-state index is 12.8. The molecule has 0 aromatic heterocycles. The molecule has 0 saturated carbocycles. The van der Waals surface area contributed by atoms with Gasteiger partial charge in [0, 0.05) is 6.54 Å². The molecule has 84 valence electrons. The second-order valence-corrected chi connectivity index (χ2v) is 4.93. The van der Waals surface area contributed by atoms with E-state index in [1.807, 2.05) is 0 Å². The first-order chi connectivity index (χ1) is 6.92. The Morgan fingerprint density at radius 2 is 2.20 bits per heavy atom. The van der Waals surface area contributed by atoms with E-state index in [4.69, 9.17) is 5.11 Å². The van der Waals surface area contributed by atoms with Crippen molar-refractivity contribution in [2.24, 2.45) is 0 Å². The quantitative estimate of drug-likeness (QED) is 0.795. The van der Waals surface area contributed by atoms with Crippen molar-refractivity contribution < 1.29 is 17.9 Å². The molecule has 15 heavy (non-hydrogen) atoms. The third-order valence-corrected chi connectivity index (χ3v) is 3.10. The zero-order chi connectivity index (χ0) is 11.5. The van der Waals surface area contributed by atoms with Crippen LogP contribution in [-0.4, -0.2) is 26.2 Å². The number of hydrogen-bond acceptors (Lipinski definition) is 3. The molecule has 0 saturated heterocycles. The van der Waals surface area contributed by atoms with Gasteiger partial charge in [0.15, 0.2) is 0 Å². The largest absolute Gasteiger partial charge is 0.392 e. The van der Waals surface area contributed by atoms with Crippen LogP contribution in [0.15, 0.2) is 29.2 Å². The van der Waals surface area contributed by atoms with E-state index in [2.05, 4.69) is 4.72 Å². The minimum atomic E-state index is -3.73. The first kappa shape index (κ1) is 12.1. The molecule has 6 heteroatoms. The number of sulfonamides is 1. The monoisotopic (exact) mass is 233 g/mol. The maximum atomic E-state index is 12.8. The van der Waals surface area contributed by atoms with Crippen LogP contribution in [0.5, 0.6) is 0 Å². The molecule has 1 aromatic carbocycles. The van der Waals surface area contributed by atoms with Crippen LogP contribution in [0.4, 0.5) is 4.39 Å². The molecular weight excluding hydrogens is 221 g/mol. The van der Waals surface area contributed by atoms with Gasteiger partial charge in [-0.25, -0.2) is 17.5 Å². The van der Waals surface area contributed by atoms with Gasteiger partial charge in [-0.2, -0.15) is 0 Å². The van der Waals surface area contributed by atoms with Gasteiger partial charge in [0.25, 0.3) is 0 Å². The van der Waals surface area contributed by atoms with Gasteiger partial charge in [-0.05, 0) is 25.1 Å². The lowest BCUT2D eigenvalue weighted by molar-refractivity contribution is 0.198. The average molecular weight is 233 g/mol. The van der Waals surface area contributed by atoms with Crippen LogP contribution in [0.2, 0.25) is 0 Å². The lowest BCUT2D eigenvalue weighted by Crippen LogP contribution is -2.30. The highest BCUT2D eigenvalue weighted by molar-refractivity contribution is 7.89. The number of nitrogens with one attached hydrogen (secondary N) is 1. The van der Waals surface area contributed by atoms with Crippen molar-refractivity contribution in [2.75, 3.05) is 6.54 Å². The fraction of sp³-hybridized carbons (Fsp3) is 0.333. The van der Waals surface area contributed by atoms with Gasteiger partial charge in [0.05, 0.1) is 11.0 Å². The summed E-state index contributed by atoms with van der Waals surface area (Å²) in [4.78, 5) is -0.150. The van der Waals surface area contributed by atoms with Gasteiger partial charge in [0.2, 0.25) is 10.0 Å². The average Bonchev–Trinajstić information content (AvgIpc) is 2.15. The summed E-state index contributed by atoms with van der Waals surface area (Å²) >= 11 is 0. The molecule has 0 aliphatic rings. The molecule has 0 radical (unpaired) electrons. The van der Waals surface area contributed by atoms with E-state index in [0.717, 1.165) is 12.1 Å². The highest BCUT2D eigenvalue weighted by Gasteiger charge is 2.14. The Balaban J connectivity index is 2.87. The van der Waals surface area contributed by atoms with E-state index in [1.165, 1.54) is 19.1 Å². The van der Waals surface area contributed by atoms with Crippen molar-refractivity contribution in [3.05, 3.63) is 30.1 Å². The predicted octanol–water partition coefficient (Wildman–Crippen LogP) is 0.485. The van der Waals surface area contributed by atoms with Crippen LogP contribution in [0.1, 0.15) is 6.92 Å². The molecule has 1 rings (SSSR count). The minimum Gasteiger partial charge on any atom is -0.392 e. The van der Waals surface area contributed by atoms with Crippen LogP contribution in [0.25, 0.3) is 0 Å². The zero-order valence-corrected chi connectivity index (χ0v) is 8.96. The Morgan fingerprint density at radius 1 is 1.53 bits per heavy atom. The highest BCUT2D eigenvalue weighted by atomic mass is 32.2. The number of benzene rings is 1. The Morgan fingerprint density at radius 3 is 2.73 bits per heavy atom. The third-order valence-electron chi connectivity index (χ3n) is 1.68. The van der Waals surface area contributed by atoms with E-state index < -0.39 is 21.9 Å². The molecule has 0 heterocycles. The van der Waals surface area contributed by atoms with Gasteiger partial charge in [-0.1, -0.05) is 6.07 Å². The van der Waals surface area contributed by atoms with Crippen molar-refractivity contribution in [1.82, 2.24) is 4.72 Å². The van der Waals surface area contributed by atoms with E-state index in [0.29, 0.717) is 0 Å². The number of rotatable bonds is 4. The summed E-state index contributed by atoms with van der Waals surface area (Å²) in [5.74, 6) is -0.616. The second-order valence-electron chi connectivity index (χ2n) is 3.16. The zero-order valence-electron chi connectivity index (χ0n) is 8.14. The SMILES string of the molecule is C[C@@H](O)CNS(=O)(=O)c1cccc(F)c1. The fourth-order valence-corrected chi connectivity index (χ4v) is 2.10. The highest BCUT2D eigenvalue weighted by Crippen LogP contribution is 2.09. The summed E-state index contributed by atoms with van der Waals surface area (Å²) in [5, 5.41) is 8.92. The Bertz CT molecular complexity index is 431. The van der Waals surface area contributed by atoms with Crippen LogP contribution in [0.3, 0.4) is 0 Å². The van der Waals surface area contributed by atoms with Crippen molar-refractivity contribution in [2.45, 2.75) is 17.9 Å². The first-order valence-electron chi connectivity index (χ1n) is 4.35. The summed E-state index contributed by atoms with van der Waals surface area (Å²) in [6, 6.07) is 4.68. The molecule has 0 bridgehead atoms. The topological polar surface area (TPSA) is 66.4 Å². The second kappa shape index (κ2) is 4.69. The molecule has 1 aromatic rings. The van der Waals surface area contributed by atoms with E-state index in [-0.39, 0.29) is 11.4 Å². The molecule has 2 N–H and O–H groups in total. The Hall–Kier alpha value is -0.980. The normalized spacial score (nSPS) is 13.8. The molecule has 0 amide bonds. The van der Waals surface area contributed by atoms with Crippen LogP contribution >= 0.6 is 0 Å². The molecule has 0 aliphatic heterocycles. The number of aliphatic hydroxyl groups excluding tert-OH is 1. The van der Waals surface area contributed by atoms with Gasteiger partial charge in [-0.15, -0.1) is 0 Å². The molecule has 0 unspecified atom stereocenters. The lowest BCUT2D eigenvalue weighted by Gasteiger charge is -2.08. The minimum absolute atomic E-state index is 0.0984. The first-order valence-corrected chi connectivity index (χ1v) is 5.83. The third kappa shape index (κ3) is 3.58. The number of aliphatic hydroxyl groups is 1. The van der Waals surface area contributed by atoms with Gasteiger partial charge < -0.3 is 5.11 Å². The Labute approximate surface area is 87.8 Å². The predicted molar refractivity (Wildman–Crippen MR) is 53.3 cm³/mol.